The Balaban J connectivity index is 1.97. The molecule has 0 aliphatic carbocycles. The van der Waals surface area contributed by atoms with Gasteiger partial charge in [0.2, 0.25) is 5.91 Å². The number of aryl methyl sites for hydroxylation is 1. The number of amides is 1. The molecule has 1 heterocycles. The number of carbonyl (C=O) groups is 3. The van der Waals surface area contributed by atoms with Crippen molar-refractivity contribution in [2.75, 3.05) is 11.9 Å². The van der Waals surface area contributed by atoms with Crippen molar-refractivity contribution < 1.29 is 19.1 Å². The van der Waals surface area contributed by atoms with E-state index in [2.05, 4.69) is 10.4 Å². The first-order valence-electron chi connectivity index (χ1n) is 9.32. The molecule has 1 aromatic carbocycles. The topological polar surface area (TPSA) is 107 Å². The van der Waals surface area contributed by atoms with Crippen molar-refractivity contribution in [3.05, 3.63) is 58.0 Å². The third kappa shape index (κ3) is 6.10. The van der Waals surface area contributed by atoms with Gasteiger partial charge < -0.3 is 10.1 Å². The van der Waals surface area contributed by atoms with E-state index in [0.717, 1.165) is 0 Å². The maximum atomic E-state index is 12.3. The summed E-state index contributed by atoms with van der Waals surface area (Å²) in [6.07, 6.45) is 0.691. The lowest BCUT2D eigenvalue weighted by atomic mass is 9.95. The van der Waals surface area contributed by atoms with Crippen molar-refractivity contribution in [2.24, 2.45) is 5.41 Å². The number of ketones is 1. The van der Waals surface area contributed by atoms with Gasteiger partial charge in [0.05, 0.1) is 0 Å². The van der Waals surface area contributed by atoms with Gasteiger partial charge in [-0.15, -0.1) is 0 Å². The molecular weight excluding hydrogens is 374 g/mol. The van der Waals surface area contributed by atoms with Crippen molar-refractivity contribution in [1.82, 2.24) is 9.78 Å². The first-order valence-corrected chi connectivity index (χ1v) is 9.32. The predicted octanol–water partition coefficient (Wildman–Crippen LogP) is 2.68. The number of aromatic nitrogens is 2. The lowest BCUT2D eigenvalue weighted by Crippen LogP contribution is -2.27. The first-order chi connectivity index (χ1) is 13.6. The maximum absolute atomic E-state index is 12.3. The molecule has 0 aliphatic heterocycles. The van der Waals surface area contributed by atoms with E-state index in [-0.39, 0.29) is 17.2 Å². The van der Waals surface area contributed by atoms with E-state index < -0.39 is 23.8 Å². The minimum Gasteiger partial charge on any atom is -0.453 e. The average Bonchev–Trinajstić information content (AvgIpc) is 2.67. The zero-order chi connectivity index (χ0) is 21.6. The molecule has 1 N–H and O–H groups in total. The fraction of sp³-hybridized carbons (Fsp3) is 0.381. The number of hydrogen-bond donors (Lipinski definition) is 1. The van der Waals surface area contributed by atoms with E-state index in [0.29, 0.717) is 24.2 Å². The standard InChI is InChI=1S/C21H25N3O5/c1-5-12-24-18(26)11-10-16(23-24)19(27)29-13-17(25)14-6-8-15(9-7-14)22-20(28)21(2,3)4/h6-11H,5,12-13H2,1-4H3,(H,22,28). The number of carbonyl (C=O) groups excluding carboxylic acids is 3. The Morgan fingerprint density at radius 2 is 1.72 bits per heavy atom. The minimum absolute atomic E-state index is 0.0360. The Kier molecular flexibility index (Phi) is 7.03. The van der Waals surface area contributed by atoms with Crippen molar-refractivity contribution in [2.45, 2.75) is 40.7 Å². The molecule has 0 saturated carbocycles. The van der Waals surface area contributed by atoms with Crippen LogP contribution in [0.2, 0.25) is 0 Å². The van der Waals surface area contributed by atoms with Crippen LogP contribution in [-0.4, -0.2) is 34.0 Å². The Morgan fingerprint density at radius 3 is 2.31 bits per heavy atom. The van der Waals surface area contributed by atoms with E-state index in [1.54, 1.807) is 45.0 Å². The summed E-state index contributed by atoms with van der Waals surface area (Å²) in [7, 11) is 0. The highest BCUT2D eigenvalue weighted by Crippen LogP contribution is 2.18. The second-order valence-electron chi connectivity index (χ2n) is 7.56. The molecule has 1 aromatic heterocycles. The zero-order valence-electron chi connectivity index (χ0n) is 17.0. The van der Waals surface area contributed by atoms with Crippen LogP contribution in [0.15, 0.2) is 41.2 Å². The van der Waals surface area contributed by atoms with E-state index >= 15 is 0 Å². The van der Waals surface area contributed by atoms with Gasteiger partial charge in [-0.2, -0.15) is 5.10 Å². The summed E-state index contributed by atoms with van der Waals surface area (Å²) >= 11 is 0. The molecule has 0 bridgehead atoms. The summed E-state index contributed by atoms with van der Waals surface area (Å²) in [5, 5.41) is 6.72. The number of nitrogens with one attached hydrogen (secondary N) is 1. The minimum atomic E-state index is -0.780. The number of rotatable bonds is 7. The van der Waals surface area contributed by atoms with Crippen LogP contribution in [0.5, 0.6) is 0 Å². The van der Waals surface area contributed by atoms with Gasteiger partial charge in [0, 0.05) is 29.3 Å². The Bertz CT molecular complexity index is 956. The van der Waals surface area contributed by atoms with E-state index in [9.17, 15) is 19.2 Å². The summed E-state index contributed by atoms with van der Waals surface area (Å²) in [5.74, 6) is -1.31. The van der Waals surface area contributed by atoms with E-state index in [1.165, 1.54) is 16.8 Å². The molecule has 8 nitrogen and oxygen atoms in total. The van der Waals surface area contributed by atoms with E-state index in [1.807, 2.05) is 6.92 Å². The molecule has 154 valence electrons. The normalized spacial score (nSPS) is 11.0. The molecule has 0 atom stereocenters. The number of anilines is 1. The zero-order valence-corrected chi connectivity index (χ0v) is 17.0. The third-order valence-corrected chi connectivity index (χ3v) is 3.99. The van der Waals surface area contributed by atoms with Crippen LogP contribution in [0.25, 0.3) is 0 Å². The van der Waals surface area contributed by atoms with Gasteiger partial charge in [-0.3, -0.25) is 14.4 Å². The van der Waals surface area contributed by atoms with Crippen molar-refractivity contribution in [1.29, 1.82) is 0 Å². The molecule has 1 amide bonds. The monoisotopic (exact) mass is 399 g/mol. The van der Waals surface area contributed by atoms with Gasteiger partial charge in [-0.1, -0.05) is 27.7 Å². The molecule has 29 heavy (non-hydrogen) atoms. The second-order valence-corrected chi connectivity index (χ2v) is 7.56. The Hall–Kier alpha value is -3.29. The first kappa shape index (κ1) is 22.0. The number of esters is 1. The van der Waals surface area contributed by atoms with Crippen LogP contribution >= 0.6 is 0 Å². The molecule has 2 rings (SSSR count). The van der Waals surface area contributed by atoms with Gasteiger partial charge in [-0.25, -0.2) is 9.48 Å². The molecule has 0 aliphatic rings. The second kappa shape index (κ2) is 9.27. The van der Waals surface area contributed by atoms with Gasteiger partial charge in [0.25, 0.3) is 5.56 Å². The predicted molar refractivity (Wildman–Crippen MR) is 108 cm³/mol. The highest BCUT2D eigenvalue weighted by atomic mass is 16.5. The van der Waals surface area contributed by atoms with Crippen LogP contribution in [0.3, 0.4) is 0 Å². The van der Waals surface area contributed by atoms with Gasteiger partial charge in [0.15, 0.2) is 18.1 Å². The number of nitrogens with zero attached hydrogens (tertiary/aromatic N) is 2. The molecule has 0 unspecified atom stereocenters. The van der Waals surface area contributed by atoms with Crippen molar-refractivity contribution >= 4 is 23.3 Å². The Labute approximate surface area is 168 Å². The van der Waals surface area contributed by atoms with Crippen molar-refractivity contribution in [3.63, 3.8) is 0 Å². The van der Waals surface area contributed by atoms with Gasteiger partial charge in [0.1, 0.15) is 0 Å². The van der Waals surface area contributed by atoms with E-state index in [4.69, 9.17) is 4.74 Å². The quantitative estimate of drug-likeness (QED) is 0.567. The fourth-order valence-corrected chi connectivity index (χ4v) is 2.28. The SMILES string of the molecule is CCCn1nc(C(=O)OCC(=O)c2ccc(NC(=O)C(C)(C)C)cc2)ccc1=O. The Morgan fingerprint density at radius 1 is 1.07 bits per heavy atom. The van der Waals surface area contributed by atoms with Gasteiger partial charge >= 0.3 is 5.97 Å². The molecule has 2 aromatic rings. The third-order valence-electron chi connectivity index (χ3n) is 3.99. The number of benzene rings is 1. The van der Waals surface area contributed by atoms with Crippen molar-refractivity contribution in [3.8, 4) is 0 Å². The molecule has 0 saturated heterocycles. The number of hydrogen-bond acceptors (Lipinski definition) is 6. The van der Waals surface area contributed by atoms with Crippen LogP contribution in [0, 0.1) is 5.41 Å². The summed E-state index contributed by atoms with van der Waals surface area (Å²) in [5.41, 5.74) is 0.0385. The molecular formula is C21H25N3O5. The molecule has 0 fully saturated rings. The maximum Gasteiger partial charge on any atom is 0.359 e. The van der Waals surface area contributed by atoms with Crippen LogP contribution in [0.4, 0.5) is 5.69 Å². The summed E-state index contributed by atoms with van der Waals surface area (Å²) < 4.78 is 6.20. The molecule has 0 spiro atoms. The summed E-state index contributed by atoms with van der Waals surface area (Å²) in [4.78, 5) is 48.0. The van der Waals surface area contributed by atoms with Gasteiger partial charge in [-0.05, 0) is 36.8 Å². The molecule has 0 radical (unpaired) electrons. The number of ether oxygens (including phenoxy) is 1. The highest BCUT2D eigenvalue weighted by molar-refractivity contribution is 6.00. The lowest BCUT2D eigenvalue weighted by molar-refractivity contribution is -0.123. The lowest BCUT2D eigenvalue weighted by Gasteiger charge is -2.17. The number of Topliss-reactive ketones (excluding diaryl/α,β-unsaturated/α-hetero) is 1. The summed E-state index contributed by atoms with van der Waals surface area (Å²) in [6, 6.07) is 8.84. The largest absolute Gasteiger partial charge is 0.453 e. The smallest absolute Gasteiger partial charge is 0.359 e. The fourth-order valence-electron chi connectivity index (χ4n) is 2.28. The highest BCUT2D eigenvalue weighted by Gasteiger charge is 2.21. The summed E-state index contributed by atoms with van der Waals surface area (Å²) in [6.45, 7) is 7.23. The average molecular weight is 399 g/mol. The van der Waals surface area contributed by atoms with Crippen LogP contribution in [0.1, 0.15) is 55.0 Å². The molecule has 8 heteroatoms. The van der Waals surface area contributed by atoms with Crippen LogP contribution < -0.4 is 10.9 Å². The van der Waals surface area contributed by atoms with Crippen LogP contribution in [-0.2, 0) is 16.1 Å².